The van der Waals surface area contributed by atoms with Gasteiger partial charge >= 0.3 is 0 Å². The summed E-state index contributed by atoms with van der Waals surface area (Å²) in [5.41, 5.74) is 4.09. The van der Waals surface area contributed by atoms with Gasteiger partial charge in [0, 0.05) is 16.6 Å². The van der Waals surface area contributed by atoms with Crippen molar-refractivity contribution in [1.29, 1.82) is 0 Å². The Balaban J connectivity index is 1.75. The lowest BCUT2D eigenvalue weighted by Crippen LogP contribution is -2.13. The summed E-state index contributed by atoms with van der Waals surface area (Å²) in [6, 6.07) is 21.8. The van der Waals surface area contributed by atoms with Gasteiger partial charge in [-0.1, -0.05) is 53.5 Å². The third-order valence-corrected chi connectivity index (χ3v) is 5.20. The summed E-state index contributed by atoms with van der Waals surface area (Å²) in [6.45, 7) is 4.71. The van der Waals surface area contributed by atoms with Gasteiger partial charge in [0.1, 0.15) is 5.75 Å². The first-order chi connectivity index (χ1) is 13.5. The Labute approximate surface area is 174 Å². The lowest BCUT2D eigenvalue weighted by Gasteiger charge is -2.18. The smallest absolute Gasteiger partial charge is 0.153 e. The van der Waals surface area contributed by atoms with E-state index in [1.165, 1.54) is 5.56 Å². The van der Waals surface area contributed by atoms with Gasteiger partial charge in [-0.3, -0.25) is 0 Å². The van der Waals surface area contributed by atoms with E-state index in [-0.39, 0.29) is 6.10 Å². The van der Waals surface area contributed by atoms with Crippen molar-refractivity contribution >= 4 is 34.2 Å². The summed E-state index contributed by atoms with van der Waals surface area (Å²) in [4.78, 5) is 4.84. The fourth-order valence-electron chi connectivity index (χ4n) is 3.35. The van der Waals surface area contributed by atoms with Crippen molar-refractivity contribution in [2.45, 2.75) is 26.5 Å². The lowest BCUT2D eigenvalue weighted by atomic mass is 10.2. The molecule has 28 heavy (non-hydrogen) atoms. The molecule has 1 aromatic heterocycles. The predicted molar refractivity (Wildman–Crippen MR) is 116 cm³/mol. The molecule has 0 aliphatic rings. The first-order valence-corrected chi connectivity index (χ1v) is 9.89. The minimum absolute atomic E-state index is 0.241. The summed E-state index contributed by atoms with van der Waals surface area (Å²) in [5.74, 6) is 1.66. The van der Waals surface area contributed by atoms with Crippen LogP contribution in [-0.4, -0.2) is 9.55 Å². The Hall–Kier alpha value is -2.49. The van der Waals surface area contributed by atoms with Crippen LogP contribution < -0.4 is 4.74 Å². The number of halogens is 2. The minimum atomic E-state index is -0.241. The highest BCUT2D eigenvalue weighted by molar-refractivity contribution is 6.31. The monoisotopic (exact) mass is 410 g/mol. The van der Waals surface area contributed by atoms with E-state index in [2.05, 4.69) is 16.7 Å². The number of aromatic nitrogens is 2. The van der Waals surface area contributed by atoms with Crippen LogP contribution in [0.15, 0.2) is 66.7 Å². The van der Waals surface area contributed by atoms with Crippen LogP contribution >= 0.6 is 23.2 Å². The summed E-state index contributed by atoms with van der Waals surface area (Å²) < 4.78 is 8.44. The molecule has 4 rings (SSSR count). The highest BCUT2D eigenvalue weighted by Crippen LogP contribution is 2.30. The first-order valence-electron chi connectivity index (χ1n) is 9.13. The normalized spacial score (nSPS) is 12.3. The van der Waals surface area contributed by atoms with Crippen molar-refractivity contribution in [1.82, 2.24) is 9.55 Å². The second kappa shape index (κ2) is 7.86. The van der Waals surface area contributed by atoms with Gasteiger partial charge in [0.15, 0.2) is 11.9 Å². The molecular formula is C23H20Cl2N2O. The first kappa shape index (κ1) is 18.9. The van der Waals surface area contributed by atoms with Gasteiger partial charge in [-0.15, -0.1) is 0 Å². The van der Waals surface area contributed by atoms with Crippen LogP contribution in [0.2, 0.25) is 10.0 Å². The molecule has 1 unspecified atom stereocenters. The Morgan fingerprint density at radius 1 is 0.964 bits per heavy atom. The molecule has 3 aromatic carbocycles. The van der Waals surface area contributed by atoms with E-state index < -0.39 is 0 Å². The van der Waals surface area contributed by atoms with Crippen LogP contribution in [0.1, 0.15) is 30.0 Å². The molecule has 3 nitrogen and oxygen atoms in total. The van der Waals surface area contributed by atoms with E-state index >= 15 is 0 Å². The zero-order chi connectivity index (χ0) is 19.7. The van der Waals surface area contributed by atoms with Gasteiger partial charge in [0.2, 0.25) is 0 Å². The molecule has 0 amide bonds. The molecule has 0 spiro atoms. The fourth-order valence-corrected chi connectivity index (χ4v) is 3.75. The summed E-state index contributed by atoms with van der Waals surface area (Å²) in [5, 5.41) is 1.37. The number of rotatable bonds is 5. The number of benzene rings is 3. The topological polar surface area (TPSA) is 27.1 Å². The predicted octanol–water partition coefficient (Wildman–Crippen LogP) is 6.84. The van der Waals surface area contributed by atoms with Gasteiger partial charge in [0.25, 0.3) is 0 Å². The van der Waals surface area contributed by atoms with Crippen LogP contribution in [0.3, 0.4) is 0 Å². The Morgan fingerprint density at radius 2 is 1.68 bits per heavy atom. The van der Waals surface area contributed by atoms with E-state index in [0.29, 0.717) is 16.6 Å². The summed E-state index contributed by atoms with van der Waals surface area (Å²) >= 11 is 12.3. The minimum Gasteiger partial charge on any atom is -0.483 e. The van der Waals surface area contributed by atoms with E-state index in [1.807, 2.05) is 68.4 Å². The largest absolute Gasteiger partial charge is 0.483 e. The molecule has 5 heteroatoms. The Morgan fingerprint density at radius 3 is 2.43 bits per heavy atom. The van der Waals surface area contributed by atoms with Crippen molar-refractivity contribution in [3.05, 3.63) is 93.7 Å². The summed E-state index contributed by atoms with van der Waals surface area (Å²) in [7, 11) is 0. The van der Waals surface area contributed by atoms with Gasteiger partial charge in [-0.2, -0.15) is 0 Å². The van der Waals surface area contributed by atoms with E-state index in [1.54, 1.807) is 0 Å². The molecule has 0 saturated carbocycles. The van der Waals surface area contributed by atoms with Crippen LogP contribution in [0, 0.1) is 6.92 Å². The van der Waals surface area contributed by atoms with Crippen LogP contribution in [0.5, 0.6) is 5.75 Å². The van der Waals surface area contributed by atoms with Gasteiger partial charge in [0.05, 0.1) is 11.0 Å². The number of nitrogens with zero attached hydrogens (tertiary/aromatic N) is 2. The molecule has 0 saturated heterocycles. The van der Waals surface area contributed by atoms with Crippen LogP contribution in [0.25, 0.3) is 11.0 Å². The average molecular weight is 411 g/mol. The van der Waals surface area contributed by atoms with Crippen molar-refractivity contribution < 1.29 is 4.74 Å². The number of hydrogen-bond acceptors (Lipinski definition) is 2. The van der Waals surface area contributed by atoms with Crippen molar-refractivity contribution in [2.24, 2.45) is 0 Å². The fraction of sp³-hybridized carbons (Fsp3) is 0.174. The van der Waals surface area contributed by atoms with Gasteiger partial charge in [-0.05, 0) is 61.4 Å². The number of aryl methyl sites for hydroxylation is 1. The Kier molecular flexibility index (Phi) is 5.29. The third-order valence-electron chi connectivity index (χ3n) is 4.73. The molecule has 0 fully saturated rings. The zero-order valence-electron chi connectivity index (χ0n) is 15.7. The molecule has 0 bridgehead atoms. The average Bonchev–Trinajstić information content (AvgIpc) is 3.02. The number of hydrogen-bond donors (Lipinski definition) is 0. The van der Waals surface area contributed by atoms with Crippen molar-refractivity contribution in [2.75, 3.05) is 0 Å². The SMILES string of the molecule is Cc1cc(Cl)ccc1OC(C)c1nc2cc(Cl)ccc2n1Cc1ccccc1. The lowest BCUT2D eigenvalue weighted by molar-refractivity contribution is 0.211. The van der Waals surface area contributed by atoms with Gasteiger partial charge < -0.3 is 9.30 Å². The van der Waals surface area contributed by atoms with Crippen molar-refractivity contribution in [3.63, 3.8) is 0 Å². The molecule has 4 aromatic rings. The Bertz CT molecular complexity index is 1120. The highest BCUT2D eigenvalue weighted by Gasteiger charge is 2.19. The standard InChI is InChI=1S/C23H20Cl2N2O/c1-15-12-18(24)9-11-22(15)28-16(2)23-26-20-13-19(25)8-10-21(20)27(23)14-17-6-4-3-5-7-17/h3-13,16H,14H2,1-2H3. The van der Waals surface area contributed by atoms with Crippen LogP contribution in [0.4, 0.5) is 0 Å². The maximum atomic E-state index is 6.25. The molecule has 0 N–H and O–H groups in total. The third kappa shape index (κ3) is 3.87. The van der Waals surface area contributed by atoms with E-state index in [9.17, 15) is 0 Å². The maximum absolute atomic E-state index is 6.25. The second-order valence-corrected chi connectivity index (χ2v) is 7.72. The number of fused-ring (bicyclic) bond motifs is 1. The maximum Gasteiger partial charge on any atom is 0.153 e. The molecular weight excluding hydrogens is 391 g/mol. The van der Waals surface area contributed by atoms with E-state index in [0.717, 1.165) is 28.2 Å². The molecule has 0 aliphatic carbocycles. The molecule has 1 heterocycles. The summed E-state index contributed by atoms with van der Waals surface area (Å²) in [6.07, 6.45) is -0.241. The molecule has 1 atom stereocenters. The van der Waals surface area contributed by atoms with Crippen molar-refractivity contribution in [3.8, 4) is 5.75 Å². The molecule has 0 aliphatic heterocycles. The van der Waals surface area contributed by atoms with E-state index in [4.69, 9.17) is 32.9 Å². The van der Waals surface area contributed by atoms with Crippen LogP contribution in [-0.2, 0) is 6.54 Å². The molecule has 0 radical (unpaired) electrons. The molecule has 142 valence electrons. The highest BCUT2D eigenvalue weighted by atomic mass is 35.5. The zero-order valence-corrected chi connectivity index (χ0v) is 17.2. The van der Waals surface area contributed by atoms with Gasteiger partial charge in [-0.25, -0.2) is 4.98 Å². The quantitative estimate of drug-likeness (QED) is 0.360. The second-order valence-electron chi connectivity index (χ2n) is 6.84. The number of ether oxygens (including phenoxy) is 1. The number of imidazole rings is 1.